The summed E-state index contributed by atoms with van der Waals surface area (Å²) < 4.78 is 18.8. The molecule has 3 aromatic rings. The lowest BCUT2D eigenvalue weighted by Crippen LogP contribution is -2.34. The molecule has 1 atom stereocenters. The summed E-state index contributed by atoms with van der Waals surface area (Å²) >= 11 is 5.30. The highest BCUT2D eigenvalue weighted by Gasteiger charge is 2.49. The number of aliphatic carboxylic acids is 1. The topological polar surface area (TPSA) is 123 Å². The molecule has 1 aliphatic carbocycles. The second-order valence-electron chi connectivity index (χ2n) is 8.70. The second kappa shape index (κ2) is 9.63. The smallest absolute Gasteiger partial charge is 0.340 e. The molecule has 1 spiro atoms. The van der Waals surface area contributed by atoms with Crippen LogP contribution in [0.4, 0.5) is 0 Å². The maximum Gasteiger partial charge on any atom is 0.340 e. The number of aromatic nitrogens is 2. The average molecular weight is 509 g/mol. The number of carboxylic acid groups (broad SMARTS) is 1. The summed E-state index contributed by atoms with van der Waals surface area (Å²) in [7, 11) is 0. The molecule has 36 heavy (non-hydrogen) atoms. The van der Waals surface area contributed by atoms with Crippen molar-refractivity contribution in [1.29, 1.82) is 0 Å². The third kappa shape index (κ3) is 4.65. The molecule has 1 aromatic heterocycles. The van der Waals surface area contributed by atoms with Crippen LogP contribution in [0.5, 0.6) is 17.4 Å². The Morgan fingerprint density at radius 1 is 1.08 bits per heavy atom. The van der Waals surface area contributed by atoms with Crippen LogP contribution < -0.4 is 10.3 Å². The fourth-order valence-corrected chi connectivity index (χ4v) is 4.78. The number of ether oxygens (including phenoxy) is 3. The van der Waals surface area contributed by atoms with Gasteiger partial charge in [0, 0.05) is 12.8 Å². The Labute approximate surface area is 211 Å². The van der Waals surface area contributed by atoms with Gasteiger partial charge in [-0.1, -0.05) is 24.6 Å². The van der Waals surface area contributed by atoms with Crippen molar-refractivity contribution in [2.75, 3.05) is 0 Å². The quantitative estimate of drug-likeness (QED) is 0.416. The van der Waals surface area contributed by atoms with E-state index < -0.39 is 29.3 Å². The first-order valence-electron chi connectivity index (χ1n) is 11.6. The van der Waals surface area contributed by atoms with Crippen molar-refractivity contribution in [2.45, 2.75) is 44.0 Å². The minimum absolute atomic E-state index is 0.0292. The molecule has 1 aliphatic heterocycles. The Morgan fingerprint density at radius 3 is 2.42 bits per heavy atom. The van der Waals surface area contributed by atoms with Crippen LogP contribution in [-0.2, 0) is 14.3 Å². The predicted octanol–water partition coefficient (Wildman–Crippen LogP) is 4.89. The number of hydrogen-bond donors (Lipinski definition) is 3. The SMILES string of the molecule is O=C(O)[C@@H]1OC2(CCCCC2)OC1=Cc1c(O)n(-c2ccc(Oc3ccccc3)cc2)c(=S)[nH]c1=O. The van der Waals surface area contributed by atoms with E-state index in [-0.39, 0.29) is 16.1 Å². The number of aromatic hydroxyl groups is 1. The van der Waals surface area contributed by atoms with Crippen molar-refractivity contribution < 1.29 is 29.2 Å². The molecule has 10 heteroatoms. The number of rotatable bonds is 5. The number of benzene rings is 2. The molecular formula is C26H24N2O7S. The monoisotopic (exact) mass is 508 g/mol. The first kappa shape index (κ1) is 23.8. The van der Waals surface area contributed by atoms with Gasteiger partial charge in [-0.3, -0.25) is 14.3 Å². The lowest BCUT2D eigenvalue weighted by molar-refractivity contribution is -0.191. The summed E-state index contributed by atoms with van der Waals surface area (Å²) in [4.78, 5) is 27.1. The molecule has 2 aliphatic rings. The van der Waals surface area contributed by atoms with Gasteiger partial charge >= 0.3 is 5.97 Å². The fraction of sp³-hybridized carbons (Fsp3) is 0.269. The Kier molecular flexibility index (Phi) is 6.38. The minimum Gasteiger partial charge on any atom is -0.494 e. The van der Waals surface area contributed by atoms with E-state index >= 15 is 0 Å². The number of nitrogens with zero attached hydrogens (tertiary/aromatic N) is 1. The van der Waals surface area contributed by atoms with Gasteiger partial charge in [-0.05, 0) is 67.5 Å². The number of carbonyl (C=O) groups is 1. The van der Waals surface area contributed by atoms with Crippen molar-refractivity contribution in [3.8, 4) is 23.1 Å². The number of H-pyrrole nitrogens is 1. The van der Waals surface area contributed by atoms with Gasteiger partial charge in [-0.25, -0.2) is 4.79 Å². The summed E-state index contributed by atoms with van der Waals surface area (Å²) in [5.74, 6) is -1.52. The van der Waals surface area contributed by atoms with Crippen LogP contribution >= 0.6 is 12.2 Å². The van der Waals surface area contributed by atoms with Crippen LogP contribution in [0.2, 0.25) is 0 Å². The van der Waals surface area contributed by atoms with Crippen molar-refractivity contribution in [1.82, 2.24) is 9.55 Å². The third-order valence-corrected chi connectivity index (χ3v) is 6.50. The number of carboxylic acids is 1. The molecule has 9 nitrogen and oxygen atoms in total. The molecule has 0 unspecified atom stereocenters. The van der Waals surface area contributed by atoms with E-state index in [2.05, 4.69) is 4.98 Å². The van der Waals surface area contributed by atoms with Crippen LogP contribution in [-0.4, -0.2) is 37.6 Å². The van der Waals surface area contributed by atoms with Crippen molar-refractivity contribution >= 4 is 24.3 Å². The van der Waals surface area contributed by atoms with Crippen molar-refractivity contribution in [3.05, 3.63) is 81.0 Å². The van der Waals surface area contributed by atoms with Gasteiger partial charge in [0.2, 0.25) is 17.8 Å². The second-order valence-corrected chi connectivity index (χ2v) is 9.08. The van der Waals surface area contributed by atoms with Gasteiger partial charge in [0.25, 0.3) is 5.56 Å². The first-order valence-corrected chi connectivity index (χ1v) is 12.0. The number of aromatic amines is 1. The summed E-state index contributed by atoms with van der Waals surface area (Å²) in [5.41, 5.74) is -0.399. The van der Waals surface area contributed by atoms with Gasteiger partial charge < -0.3 is 24.4 Å². The molecule has 1 saturated heterocycles. The Morgan fingerprint density at radius 2 is 1.75 bits per heavy atom. The Bertz CT molecular complexity index is 1420. The summed E-state index contributed by atoms with van der Waals surface area (Å²) in [6.45, 7) is 0. The van der Waals surface area contributed by atoms with E-state index in [0.29, 0.717) is 30.0 Å². The van der Waals surface area contributed by atoms with Crippen LogP contribution in [0.3, 0.4) is 0 Å². The molecule has 1 saturated carbocycles. The van der Waals surface area contributed by atoms with Crippen LogP contribution in [0.25, 0.3) is 11.8 Å². The molecule has 0 bridgehead atoms. The van der Waals surface area contributed by atoms with E-state index in [4.69, 9.17) is 26.4 Å². The normalized spacial score (nSPS) is 19.8. The number of nitrogens with one attached hydrogen (secondary N) is 1. The third-order valence-electron chi connectivity index (χ3n) is 6.22. The molecule has 0 radical (unpaired) electrons. The maximum atomic E-state index is 12.7. The van der Waals surface area contributed by atoms with Crippen LogP contribution in [0.1, 0.15) is 37.7 Å². The summed E-state index contributed by atoms with van der Waals surface area (Å²) in [5, 5.41) is 20.7. The zero-order valence-electron chi connectivity index (χ0n) is 19.2. The molecule has 2 aromatic carbocycles. The predicted molar refractivity (Wildman–Crippen MR) is 133 cm³/mol. The van der Waals surface area contributed by atoms with Crippen LogP contribution in [0, 0.1) is 4.77 Å². The van der Waals surface area contributed by atoms with E-state index in [9.17, 15) is 19.8 Å². The van der Waals surface area contributed by atoms with Gasteiger partial charge in [0.1, 0.15) is 22.8 Å². The van der Waals surface area contributed by atoms with Crippen molar-refractivity contribution in [3.63, 3.8) is 0 Å². The molecule has 186 valence electrons. The highest BCUT2D eigenvalue weighted by Crippen LogP contribution is 2.43. The van der Waals surface area contributed by atoms with Gasteiger partial charge in [-0.15, -0.1) is 0 Å². The molecular weight excluding hydrogens is 484 g/mol. The van der Waals surface area contributed by atoms with E-state index in [1.54, 1.807) is 24.3 Å². The largest absolute Gasteiger partial charge is 0.494 e. The lowest BCUT2D eigenvalue weighted by atomic mass is 9.94. The fourth-order valence-electron chi connectivity index (χ4n) is 4.49. The summed E-state index contributed by atoms with van der Waals surface area (Å²) in [6.07, 6.45) is 3.65. The van der Waals surface area contributed by atoms with E-state index in [1.807, 2.05) is 30.3 Å². The van der Waals surface area contributed by atoms with E-state index in [0.717, 1.165) is 19.3 Å². The van der Waals surface area contributed by atoms with Crippen molar-refractivity contribution in [2.24, 2.45) is 0 Å². The zero-order chi connectivity index (χ0) is 25.3. The van der Waals surface area contributed by atoms with Crippen LogP contribution in [0.15, 0.2) is 65.2 Å². The summed E-state index contributed by atoms with van der Waals surface area (Å²) in [6, 6.07) is 16.0. The van der Waals surface area contributed by atoms with Gasteiger partial charge in [0.15, 0.2) is 4.77 Å². The number of hydrogen-bond acceptors (Lipinski definition) is 7. The minimum atomic E-state index is -1.38. The number of para-hydroxylation sites is 1. The van der Waals surface area contributed by atoms with Gasteiger partial charge in [-0.2, -0.15) is 0 Å². The van der Waals surface area contributed by atoms with Gasteiger partial charge in [0.05, 0.1) is 5.69 Å². The first-order chi connectivity index (χ1) is 17.3. The molecule has 3 N–H and O–H groups in total. The van der Waals surface area contributed by atoms with E-state index in [1.165, 1.54) is 10.6 Å². The Hall–Kier alpha value is -3.89. The highest BCUT2D eigenvalue weighted by molar-refractivity contribution is 7.71. The Balaban J connectivity index is 1.50. The molecule has 2 heterocycles. The molecule has 0 amide bonds. The average Bonchev–Trinajstić information content (AvgIpc) is 3.21. The molecule has 2 fully saturated rings. The standard InChI is InChI=1S/C26H24N2O7S/c29-22-19(15-20-21(24(31)32)35-26(34-20)13-5-2-6-14-26)23(30)28(25(36)27-22)16-9-11-18(12-10-16)33-17-7-3-1-4-8-17/h1,3-4,7-12,15,21,30H,2,5-6,13-14H2,(H,31,32)(H,27,29,36)/t21-/m1/s1. The highest BCUT2D eigenvalue weighted by atomic mass is 32.1. The molecule has 5 rings (SSSR count). The zero-order valence-corrected chi connectivity index (χ0v) is 20.0. The lowest BCUT2D eigenvalue weighted by Gasteiger charge is -2.31. The maximum absolute atomic E-state index is 12.7.